The van der Waals surface area contributed by atoms with Crippen molar-refractivity contribution in [1.29, 1.82) is 0 Å². The van der Waals surface area contributed by atoms with Crippen molar-refractivity contribution in [2.45, 2.75) is 25.3 Å². The molecule has 0 aromatic carbocycles. The minimum absolute atomic E-state index is 0.0572. The maximum atomic E-state index is 12.0. The van der Waals surface area contributed by atoms with Crippen molar-refractivity contribution in [3.63, 3.8) is 0 Å². The lowest BCUT2D eigenvalue weighted by molar-refractivity contribution is -0.151. The number of ether oxygens (including phenoxy) is 2. The van der Waals surface area contributed by atoms with E-state index in [0.29, 0.717) is 37.7 Å². The number of allylic oxidation sites excluding steroid dienone is 2. The Labute approximate surface area is 139 Å². The molecule has 0 saturated heterocycles. The Morgan fingerprint density at radius 3 is 2.35 bits per heavy atom. The SMILES string of the molecule is CO[Si](CCCOCCOC(=O)C1CC2C=CC1C2)(OC)OC. The smallest absolute Gasteiger partial charge is 0.463 e. The summed E-state index contributed by atoms with van der Waals surface area (Å²) in [6.45, 7) is 1.31. The molecule has 132 valence electrons. The molecule has 2 aliphatic rings. The van der Waals surface area contributed by atoms with Crippen molar-refractivity contribution in [2.24, 2.45) is 17.8 Å². The third kappa shape index (κ3) is 4.87. The Kier molecular flexibility index (Phi) is 7.23. The molecule has 7 heteroatoms. The minimum Gasteiger partial charge on any atom is -0.463 e. The predicted octanol–water partition coefficient (Wildman–Crippen LogP) is 2.03. The van der Waals surface area contributed by atoms with Crippen LogP contribution in [0.15, 0.2) is 12.2 Å². The molecule has 0 aromatic heterocycles. The van der Waals surface area contributed by atoms with E-state index in [-0.39, 0.29) is 11.9 Å². The van der Waals surface area contributed by atoms with Gasteiger partial charge in [0, 0.05) is 34.0 Å². The van der Waals surface area contributed by atoms with Crippen LogP contribution >= 0.6 is 0 Å². The second-order valence-electron chi connectivity index (χ2n) is 6.07. The molecule has 3 unspecified atom stereocenters. The molecule has 2 rings (SSSR count). The summed E-state index contributed by atoms with van der Waals surface area (Å²) in [5, 5.41) is 0. The van der Waals surface area contributed by atoms with Gasteiger partial charge in [0.1, 0.15) is 6.61 Å². The summed E-state index contributed by atoms with van der Waals surface area (Å²) in [6.07, 6.45) is 7.22. The summed E-state index contributed by atoms with van der Waals surface area (Å²) >= 11 is 0. The fraction of sp³-hybridized carbons (Fsp3) is 0.812. The summed E-state index contributed by atoms with van der Waals surface area (Å²) in [4.78, 5) is 12.0. The van der Waals surface area contributed by atoms with Crippen LogP contribution in [-0.4, -0.2) is 55.9 Å². The molecule has 1 fully saturated rings. The van der Waals surface area contributed by atoms with Crippen LogP contribution in [0.3, 0.4) is 0 Å². The van der Waals surface area contributed by atoms with E-state index < -0.39 is 8.80 Å². The van der Waals surface area contributed by atoms with E-state index in [9.17, 15) is 4.79 Å². The zero-order chi connectivity index (χ0) is 16.7. The second-order valence-corrected chi connectivity index (χ2v) is 9.16. The van der Waals surface area contributed by atoms with Crippen molar-refractivity contribution in [1.82, 2.24) is 0 Å². The van der Waals surface area contributed by atoms with E-state index in [1.807, 2.05) is 0 Å². The Hall–Kier alpha value is -0.733. The highest BCUT2D eigenvalue weighted by Gasteiger charge is 2.40. The quantitative estimate of drug-likeness (QED) is 0.247. The van der Waals surface area contributed by atoms with Crippen molar-refractivity contribution in [3.8, 4) is 0 Å². The highest BCUT2D eigenvalue weighted by Crippen LogP contribution is 2.43. The van der Waals surface area contributed by atoms with Gasteiger partial charge in [-0.1, -0.05) is 12.2 Å². The average molecular weight is 344 g/mol. The van der Waals surface area contributed by atoms with Crippen LogP contribution in [0, 0.1) is 17.8 Å². The van der Waals surface area contributed by atoms with Crippen molar-refractivity contribution >= 4 is 14.8 Å². The van der Waals surface area contributed by atoms with Crippen LogP contribution in [0.5, 0.6) is 0 Å². The molecule has 0 spiro atoms. The summed E-state index contributed by atoms with van der Waals surface area (Å²) in [5.41, 5.74) is 0. The van der Waals surface area contributed by atoms with E-state index in [1.165, 1.54) is 0 Å². The van der Waals surface area contributed by atoms with Crippen molar-refractivity contribution in [2.75, 3.05) is 41.2 Å². The van der Waals surface area contributed by atoms with Crippen LogP contribution in [-0.2, 0) is 27.5 Å². The third-order valence-electron chi connectivity index (χ3n) is 4.76. The first-order valence-corrected chi connectivity index (χ1v) is 10.2. The summed E-state index contributed by atoms with van der Waals surface area (Å²) in [5.74, 6) is 0.959. The van der Waals surface area contributed by atoms with Crippen LogP contribution in [0.25, 0.3) is 0 Å². The van der Waals surface area contributed by atoms with Gasteiger partial charge in [0.2, 0.25) is 0 Å². The average Bonchev–Trinajstić information content (AvgIpc) is 3.21. The Bertz CT molecular complexity index is 401. The Morgan fingerprint density at radius 2 is 1.78 bits per heavy atom. The van der Waals surface area contributed by atoms with Gasteiger partial charge >= 0.3 is 14.8 Å². The number of hydrogen-bond acceptors (Lipinski definition) is 6. The fourth-order valence-electron chi connectivity index (χ4n) is 3.41. The van der Waals surface area contributed by atoms with E-state index in [0.717, 1.165) is 19.3 Å². The predicted molar refractivity (Wildman–Crippen MR) is 86.8 cm³/mol. The number of carbonyl (C=O) groups is 1. The molecule has 0 radical (unpaired) electrons. The first kappa shape index (κ1) is 18.6. The number of esters is 1. The number of rotatable bonds is 11. The molecule has 3 atom stereocenters. The van der Waals surface area contributed by atoms with E-state index in [1.54, 1.807) is 21.3 Å². The molecule has 0 aliphatic heterocycles. The molecule has 2 aliphatic carbocycles. The fourth-order valence-corrected chi connectivity index (χ4v) is 5.10. The molecule has 1 saturated carbocycles. The zero-order valence-electron chi connectivity index (χ0n) is 14.3. The van der Waals surface area contributed by atoms with E-state index in [4.69, 9.17) is 22.8 Å². The maximum absolute atomic E-state index is 12.0. The van der Waals surface area contributed by atoms with E-state index in [2.05, 4.69) is 12.2 Å². The molecular weight excluding hydrogens is 316 g/mol. The van der Waals surface area contributed by atoms with Crippen LogP contribution in [0.2, 0.25) is 6.04 Å². The first-order chi connectivity index (χ1) is 11.1. The second kappa shape index (κ2) is 8.94. The highest BCUT2D eigenvalue weighted by molar-refractivity contribution is 6.60. The molecule has 6 nitrogen and oxygen atoms in total. The Morgan fingerprint density at radius 1 is 1.04 bits per heavy atom. The van der Waals surface area contributed by atoms with Crippen LogP contribution in [0.1, 0.15) is 19.3 Å². The molecular formula is C16H28O6Si. The first-order valence-electron chi connectivity index (χ1n) is 8.22. The highest BCUT2D eigenvalue weighted by atomic mass is 28.4. The van der Waals surface area contributed by atoms with Gasteiger partial charge < -0.3 is 22.8 Å². The van der Waals surface area contributed by atoms with Crippen LogP contribution < -0.4 is 0 Å². The maximum Gasteiger partial charge on any atom is 0.500 e. The van der Waals surface area contributed by atoms with Gasteiger partial charge in [0.25, 0.3) is 0 Å². The lowest BCUT2D eigenvalue weighted by atomic mass is 9.94. The number of carbonyl (C=O) groups excluding carboxylic acids is 1. The molecule has 23 heavy (non-hydrogen) atoms. The van der Waals surface area contributed by atoms with Gasteiger partial charge in [-0.05, 0) is 31.1 Å². The van der Waals surface area contributed by atoms with Gasteiger partial charge in [-0.3, -0.25) is 4.79 Å². The standard InChI is InChI=1S/C16H28O6Si/c1-18-23(19-2,20-3)10-4-7-21-8-9-22-16(17)15-12-13-5-6-14(15)11-13/h5-6,13-15H,4,7-12H2,1-3H3. The summed E-state index contributed by atoms with van der Waals surface area (Å²) in [7, 11) is 2.30. The molecule has 0 aromatic rings. The van der Waals surface area contributed by atoms with Crippen LogP contribution in [0.4, 0.5) is 0 Å². The van der Waals surface area contributed by atoms with Gasteiger partial charge in [0.05, 0.1) is 12.5 Å². The lowest BCUT2D eigenvalue weighted by Crippen LogP contribution is -2.42. The minimum atomic E-state index is -2.50. The van der Waals surface area contributed by atoms with Gasteiger partial charge in [-0.15, -0.1) is 0 Å². The zero-order valence-corrected chi connectivity index (χ0v) is 15.3. The largest absolute Gasteiger partial charge is 0.500 e. The normalized spacial score (nSPS) is 26.0. The third-order valence-corrected chi connectivity index (χ3v) is 7.59. The number of hydrogen-bond donors (Lipinski definition) is 0. The Balaban J connectivity index is 1.51. The van der Waals surface area contributed by atoms with Gasteiger partial charge in [-0.25, -0.2) is 0 Å². The van der Waals surface area contributed by atoms with Crippen molar-refractivity contribution in [3.05, 3.63) is 12.2 Å². The lowest BCUT2D eigenvalue weighted by Gasteiger charge is -2.24. The van der Waals surface area contributed by atoms with Gasteiger partial charge in [0.15, 0.2) is 0 Å². The summed E-state index contributed by atoms with van der Waals surface area (Å²) in [6, 6.07) is 0.702. The monoisotopic (exact) mass is 344 g/mol. The molecule has 0 amide bonds. The molecule has 0 heterocycles. The molecule has 2 bridgehead atoms. The van der Waals surface area contributed by atoms with Gasteiger partial charge in [-0.2, -0.15) is 0 Å². The topological polar surface area (TPSA) is 63.2 Å². The summed E-state index contributed by atoms with van der Waals surface area (Å²) < 4.78 is 26.9. The molecule has 0 N–H and O–H groups in total. The number of fused-ring (bicyclic) bond motifs is 2. The van der Waals surface area contributed by atoms with Crippen molar-refractivity contribution < 1.29 is 27.5 Å². The van der Waals surface area contributed by atoms with E-state index >= 15 is 0 Å².